The van der Waals surface area contributed by atoms with Crippen LogP contribution in [0.5, 0.6) is 11.5 Å². The molecule has 0 spiro atoms. The van der Waals surface area contributed by atoms with Crippen LogP contribution in [-0.4, -0.2) is 78.4 Å². The molecule has 0 radical (unpaired) electrons. The molecule has 0 aliphatic carbocycles. The summed E-state index contributed by atoms with van der Waals surface area (Å²) in [7, 11) is 0. The Balaban J connectivity index is 0.00000210. The number of hydroxylamine groups is 2. The van der Waals surface area contributed by atoms with Crippen LogP contribution >= 0.6 is 11.8 Å². The molecular weight excluding hydrogens is 394 g/mol. The second-order valence-corrected chi connectivity index (χ2v) is 6.53. The summed E-state index contributed by atoms with van der Waals surface area (Å²) in [5, 5.41) is 20.6. The van der Waals surface area contributed by atoms with E-state index in [2.05, 4.69) is 16.1 Å². The number of benzene rings is 2. The van der Waals surface area contributed by atoms with E-state index in [1.165, 1.54) is 42.4 Å². The van der Waals surface area contributed by atoms with E-state index < -0.39 is 0 Å². The summed E-state index contributed by atoms with van der Waals surface area (Å²) in [6.45, 7) is 0. The van der Waals surface area contributed by atoms with Crippen molar-refractivity contribution in [2.24, 2.45) is 9.98 Å². The molecule has 2 aliphatic heterocycles. The number of rotatable bonds is 3. The van der Waals surface area contributed by atoms with Gasteiger partial charge in [0.1, 0.15) is 34.8 Å². The minimum atomic E-state index is -0.359. The Bertz CT molecular complexity index is 1000. The van der Waals surface area contributed by atoms with E-state index in [1.54, 1.807) is 24.4 Å². The zero-order valence-corrected chi connectivity index (χ0v) is 14.0. The molecule has 4 rings (SSSR count). The fourth-order valence-corrected chi connectivity index (χ4v) is 3.52. The average molecular weight is 406 g/mol. The molecule has 1 unspecified atom stereocenters. The first kappa shape index (κ1) is 20.2. The molecular formula is C18H12FKN4O2S. The molecule has 0 amide bonds. The molecule has 130 valence electrons. The third kappa shape index (κ3) is 4.33. The van der Waals surface area contributed by atoms with Crippen LogP contribution in [0.1, 0.15) is 11.1 Å². The van der Waals surface area contributed by atoms with Gasteiger partial charge in [-0.1, -0.05) is 11.8 Å². The predicted octanol–water partition coefficient (Wildman–Crippen LogP) is 3.24. The van der Waals surface area contributed by atoms with E-state index in [0.29, 0.717) is 27.8 Å². The number of nitriles is 1. The van der Waals surface area contributed by atoms with Crippen LogP contribution in [0.15, 0.2) is 64.3 Å². The van der Waals surface area contributed by atoms with E-state index in [1.807, 2.05) is 0 Å². The third-order valence-electron chi connectivity index (χ3n) is 3.73. The summed E-state index contributed by atoms with van der Waals surface area (Å²) in [6.07, 6.45) is 2.91. The predicted molar refractivity (Wildman–Crippen MR) is 103 cm³/mol. The second kappa shape index (κ2) is 8.66. The van der Waals surface area contributed by atoms with Gasteiger partial charge in [0, 0.05) is 5.56 Å². The van der Waals surface area contributed by atoms with Crippen molar-refractivity contribution in [3.05, 3.63) is 71.3 Å². The number of fused-ring (bicyclic) bond motifs is 1. The van der Waals surface area contributed by atoms with Crippen LogP contribution in [0.3, 0.4) is 0 Å². The number of halogens is 1. The first-order valence-electron chi connectivity index (χ1n) is 7.58. The van der Waals surface area contributed by atoms with Crippen LogP contribution in [0.2, 0.25) is 0 Å². The van der Waals surface area contributed by atoms with Gasteiger partial charge in [-0.2, -0.15) is 5.26 Å². The fourth-order valence-electron chi connectivity index (χ4n) is 2.49. The normalized spacial score (nSPS) is 17.4. The topological polar surface area (TPSA) is 81.2 Å². The maximum atomic E-state index is 13.0. The molecule has 1 atom stereocenters. The molecule has 0 fully saturated rings. The molecule has 9 heteroatoms. The number of hydrogen-bond acceptors (Lipinski definition) is 7. The molecule has 0 saturated heterocycles. The van der Waals surface area contributed by atoms with E-state index >= 15 is 0 Å². The minimum absolute atomic E-state index is 0. The summed E-state index contributed by atoms with van der Waals surface area (Å²) >= 11 is 1.36. The number of hydrogen-bond donors (Lipinski definition) is 1. The van der Waals surface area contributed by atoms with Crippen molar-refractivity contribution in [1.29, 1.82) is 5.26 Å². The van der Waals surface area contributed by atoms with Gasteiger partial charge in [-0.15, -0.1) is 0 Å². The Morgan fingerprint density at radius 3 is 2.70 bits per heavy atom. The molecule has 27 heavy (non-hydrogen) atoms. The van der Waals surface area contributed by atoms with E-state index in [9.17, 15) is 14.9 Å². The van der Waals surface area contributed by atoms with Crippen LogP contribution in [0.4, 0.5) is 4.39 Å². The number of ether oxygens (including phenoxy) is 1. The van der Waals surface area contributed by atoms with Crippen LogP contribution in [-0.2, 0) is 0 Å². The monoisotopic (exact) mass is 406 g/mol. The Morgan fingerprint density at radius 2 is 2.00 bits per heavy atom. The molecule has 2 heterocycles. The van der Waals surface area contributed by atoms with Gasteiger partial charge in [0.25, 0.3) is 0 Å². The van der Waals surface area contributed by atoms with Gasteiger partial charge in [0.15, 0.2) is 5.37 Å². The van der Waals surface area contributed by atoms with Crippen LogP contribution in [0.25, 0.3) is 0 Å². The maximum absolute atomic E-state index is 13.0. The van der Waals surface area contributed by atoms with Crippen molar-refractivity contribution in [1.82, 2.24) is 5.06 Å². The summed E-state index contributed by atoms with van der Waals surface area (Å²) < 4.78 is 18.7. The quantitative estimate of drug-likeness (QED) is 0.792. The molecule has 1 N–H and O–H groups in total. The Kier molecular flexibility index (Phi) is 6.49. The number of nitrogens with zero attached hydrogens (tertiary/aromatic N) is 4. The van der Waals surface area contributed by atoms with Crippen molar-refractivity contribution in [3.8, 4) is 17.6 Å². The standard InChI is InChI=1S/C18H11FN4O2S.K.H/c19-13-2-4-14(5-3-13)25-16-6-1-11(7-12(16)8-20)17-22-15-9-21-10-23(24)18(15)26-17;;/h1-7,9-10,18,24H;;. The summed E-state index contributed by atoms with van der Waals surface area (Å²) in [6, 6.07) is 12.8. The van der Waals surface area contributed by atoms with Crippen molar-refractivity contribution in [3.63, 3.8) is 0 Å². The summed E-state index contributed by atoms with van der Waals surface area (Å²) in [4.78, 5) is 8.36. The molecule has 2 aromatic carbocycles. The zero-order chi connectivity index (χ0) is 18.1. The first-order valence-corrected chi connectivity index (χ1v) is 8.46. The van der Waals surface area contributed by atoms with E-state index in [0.717, 1.165) is 10.6 Å². The molecule has 0 aromatic heterocycles. The molecule has 2 aliphatic rings. The molecule has 6 nitrogen and oxygen atoms in total. The van der Waals surface area contributed by atoms with Crippen LogP contribution < -0.4 is 4.74 Å². The van der Waals surface area contributed by atoms with Gasteiger partial charge in [-0.05, 0) is 42.5 Å². The van der Waals surface area contributed by atoms with Gasteiger partial charge in [0.2, 0.25) is 0 Å². The molecule has 2 aromatic rings. The van der Waals surface area contributed by atoms with Gasteiger partial charge in [-0.25, -0.2) is 19.4 Å². The van der Waals surface area contributed by atoms with E-state index in [4.69, 9.17) is 4.74 Å². The van der Waals surface area contributed by atoms with E-state index in [-0.39, 0.29) is 62.6 Å². The van der Waals surface area contributed by atoms with Gasteiger partial charge in [0.05, 0.1) is 17.5 Å². The average Bonchev–Trinajstić information content (AvgIpc) is 3.09. The zero-order valence-electron chi connectivity index (χ0n) is 13.2. The summed E-state index contributed by atoms with van der Waals surface area (Å²) in [5.74, 6) is 0.449. The van der Waals surface area contributed by atoms with Gasteiger partial charge in [-0.3, -0.25) is 5.21 Å². The Hall–Kier alpha value is -1.51. The fraction of sp³-hybridized carbons (Fsp3) is 0.0556. The van der Waals surface area contributed by atoms with Gasteiger partial charge < -0.3 is 4.74 Å². The van der Waals surface area contributed by atoms with Crippen molar-refractivity contribution >= 4 is 74.5 Å². The van der Waals surface area contributed by atoms with Crippen molar-refractivity contribution in [2.75, 3.05) is 0 Å². The summed E-state index contributed by atoms with van der Waals surface area (Å²) in [5.41, 5.74) is 1.71. The van der Waals surface area contributed by atoms with Gasteiger partial charge >= 0.3 is 51.4 Å². The Labute approximate surface area is 201 Å². The number of thioether (sulfide) groups is 1. The Morgan fingerprint density at radius 1 is 1.22 bits per heavy atom. The molecule has 0 bridgehead atoms. The third-order valence-corrected chi connectivity index (χ3v) is 4.96. The van der Waals surface area contributed by atoms with Crippen LogP contribution in [0, 0.1) is 17.1 Å². The first-order chi connectivity index (χ1) is 12.6. The second-order valence-electron chi connectivity index (χ2n) is 5.46. The van der Waals surface area contributed by atoms with Crippen molar-refractivity contribution in [2.45, 2.75) is 5.37 Å². The number of aliphatic imine (C=N–C) groups is 2. The SMILES string of the molecule is N#Cc1cc(C2=NC3=CN=CN(O)C3S2)ccc1Oc1ccc(F)cc1.[KH]. The van der Waals surface area contributed by atoms with Crippen molar-refractivity contribution < 1.29 is 14.3 Å². The molecule has 0 saturated carbocycles.